The van der Waals surface area contributed by atoms with Crippen molar-refractivity contribution in [3.05, 3.63) is 22.1 Å². The van der Waals surface area contributed by atoms with Crippen LogP contribution in [0.2, 0.25) is 10.2 Å². The number of imidazole rings is 1. The molecule has 0 bridgehead atoms. The van der Waals surface area contributed by atoms with Crippen LogP contribution in [0.25, 0.3) is 11.2 Å². The summed E-state index contributed by atoms with van der Waals surface area (Å²) < 4.78 is 13.8. The van der Waals surface area contributed by atoms with Crippen LogP contribution >= 0.6 is 35.5 Å². The molecule has 0 aromatic carbocycles. The van der Waals surface area contributed by atoms with E-state index in [9.17, 15) is 3.89 Å². The van der Waals surface area contributed by atoms with E-state index in [2.05, 4.69) is 9.97 Å². The van der Waals surface area contributed by atoms with E-state index >= 15 is 0 Å². The molecule has 7 heteroatoms. The fraction of sp³-hybridized carbons (Fsp3) is 0.333. The molecule has 0 spiro atoms. The summed E-state index contributed by atoms with van der Waals surface area (Å²) in [7, 11) is 0. The molecule has 0 saturated carbocycles. The van der Waals surface area contributed by atoms with Crippen LogP contribution < -0.4 is 0 Å². The Labute approximate surface area is 107 Å². The summed E-state index contributed by atoms with van der Waals surface area (Å²) in [5.41, 5.74) is 0.909. The Kier molecular flexibility index (Phi) is 4.83. The second-order valence-corrected chi connectivity index (χ2v) is 3.89. The first-order valence-electron chi connectivity index (χ1n) is 4.63. The number of nitrogens with zero attached hydrogens (tertiary/aromatic N) is 3. The molecule has 2 rings (SSSR count). The Morgan fingerprint density at radius 1 is 1.31 bits per heavy atom. The van der Waals surface area contributed by atoms with Crippen LogP contribution in [0.5, 0.6) is 0 Å². The molecule has 88 valence electrons. The van der Waals surface area contributed by atoms with Gasteiger partial charge in [0, 0.05) is 0 Å². The van der Waals surface area contributed by atoms with Crippen molar-refractivity contribution in [3.63, 3.8) is 0 Å². The minimum Gasteiger partial charge on any atom is -0.231 e. The highest BCUT2D eigenvalue weighted by molar-refractivity contribution is 7.92. The average molecular weight is 282 g/mol. The summed E-state index contributed by atoms with van der Waals surface area (Å²) in [5, 5.41) is 0.460. The highest BCUT2D eigenvalue weighted by atomic mass is 35.5. The second-order valence-electron chi connectivity index (χ2n) is 2.63. The molecule has 0 amide bonds. The summed E-state index contributed by atoms with van der Waals surface area (Å²) in [4.78, 5) is 8.02. The van der Waals surface area contributed by atoms with E-state index in [1.54, 1.807) is 13.0 Å². The Bertz CT molecular complexity index is 501. The van der Waals surface area contributed by atoms with E-state index in [1.807, 2.05) is 13.8 Å². The van der Waals surface area contributed by atoms with Crippen molar-refractivity contribution >= 4 is 46.7 Å². The van der Waals surface area contributed by atoms with Crippen LogP contribution in [0.15, 0.2) is 6.07 Å². The molecule has 0 atom stereocenters. The fourth-order valence-corrected chi connectivity index (χ4v) is 1.76. The second kappa shape index (κ2) is 5.70. The lowest BCUT2D eigenvalue weighted by Crippen LogP contribution is -1.89. The monoisotopic (exact) mass is 281 g/mol. The van der Waals surface area contributed by atoms with Crippen LogP contribution in [0.3, 0.4) is 0 Å². The van der Waals surface area contributed by atoms with Gasteiger partial charge in [-0.25, -0.2) is 13.9 Å². The van der Waals surface area contributed by atoms with Gasteiger partial charge in [-0.2, -0.15) is 0 Å². The molecule has 2 heterocycles. The van der Waals surface area contributed by atoms with Gasteiger partial charge in [0.15, 0.2) is 18.0 Å². The summed E-state index contributed by atoms with van der Waals surface area (Å²) in [6, 6.07) is 1.56. The van der Waals surface area contributed by atoms with Gasteiger partial charge in [0.2, 0.25) is 0 Å². The average Bonchev–Trinajstić information content (AvgIpc) is 2.57. The molecular weight excluding hydrogens is 272 g/mol. The molecular formula is C9H10Cl2FN3S. The molecule has 0 unspecified atom stereocenters. The van der Waals surface area contributed by atoms with Crippen molar-refractivity contribution in [1.82, 2.24) is 13.9 Å². The van der Waals surface area contributed by atoms with Crippen molar-refractivity contribution < 1.29 is 3.89 Å². The van der Waals surface area contributed by atoms with Crippen LogP contribution in [0.1, 0.15) is 19.7 Å². The Hall–Kier alpha value is -0.520. The molecule has 0 N–H and O–H groups in total. The maximum absolute atomic E-state index is 12.5. The molecule has 2 aromatic rings. The zero-order chi connectivity index (χ0) is 12.3. The van der Waals surface area contributed by atoms with Crippen LogP contribution in [0.4, 0.5) is 3.89 Å². The smallest absolute Gasteiger partial charge is 0.174 e. The Balaban J connectivity index is 0.000000606. The van der Waals surface area contributed by atoms with Gasteiger partial charge < -0.3 is 0 Å². The van der Waals surface area contributed by atoms with E-state index in [0.29, 0.717) is 22.0 Å². The number of fused-ring (bicyclic) bond motifs is 1. The van der Waals surface area contributed by atoms with Gasteiger partial charge in [-0.1, -0.05) is 37.0 Å². The van der Waals surface area contributed by atoms with Crippen LogP contribution in [-0.2, 0) is 0 Å². The number of hydrogen-bond donors (Lipinski definition) is 0. The number of aryl methyl sites for hydroxylation is 1. The van der Waals surface area contributed by atoms with Crippen molar-refractivity contribution in [2.75, 3.05) is 0 Å². The number of pyridine rings is 1. The molecule has 16 heavy (non-hydrogen) atoms. The third-order valence-corrected chi connectivity index (χ3v) is 2.98. The van der Waals surface area contributed by atoms with Crippen molar-refractivity contribution in [2.24, 2.45) is 0 Å². The topological polar surface area (TPSA) is 30.7 Å². The largest absolute Gasteiger partial charge is 0.231 e. The normalized spacial score (nSPS) is 10.1. The van der Waals surface area contributed by atoms with Crippen LogP contribution in [-0.4, -0.2) is 13.9 Å². The van der Waals surface area contributed by atoms with Crippen molar-refractivity contribution in [2.45, 2.75) is 20.8 Å². The van der Waals surface area contributed by atoms with Gasteiger partial charge in [-0.05, 0) is 13.0 Å². The molecule has 2 aromatic heterocycles. The highest BCUT2D eigenvalue weighted by Crippen LogP contribution is 2.27. The minimum absolute atomic E-state index is 0.0361. The first kappa shape index (κ1) is 13.5. The van der Waals surface area contributed by atoms with Gasteiger partial charge in [-0.15, -0.1) is 3.89 Å². The van der Waals surface area contributed by atoms with Gasteiger partial charge in [0.1, 0.15) is 16.5 Å². The molecule has 0 fully saturated rings. The molecule has 3 nitrogen and oxygen atoms in total. The molecule has 0 aliphatic heterocycles. The minimum atomic E-state index is 0.0361. The van der Waals surface area contributed by atoms with E-state index in [0.717, 1.165) is 0 Å². The van der Waals surface area contributed by atoms with Gasteiger partial charge in [0.25, 0.3) is 0 Å². The number of halogens is 3. The summed E-state index contributed by atoms with van der Waals surface area (Å²) >= 11 is 11.5. The first-order valence-corrected chi connectivity index (χ1v) is 6.06. The predicted octanol–water partition coefficient (Wildman–Crippen LogP) is 4.45. The van der Waals surface area contributed by atoms with Crippen LogP contribution in [0, 0.1) is 6.92 Å². The number of hydrogen-bond acceptors (Lipinski definition) is 3. The predicted molar refractivity (Wildman–Crippen MR) is 67.7 cm³/mol. The Morgan fingerprint density at radius 3 is 2.50 bits per heavy atom. The van der Waals surface area contributed by atoms with Crippen molar-refractivity contribution in [3.8, 4) is 0 Å². The van der Waals surface area contributed by atoms with Gasteiger partial charge in [0.05, 0.1) is 5.02 Å². The highest BCUT2D eigenvalue weighted by Gasteiger charge is 2.12. The number of rotatable bonds is 1. The fourth-order valence-electron chi connectivity index (χ4n) is 1.14. The Morgan fingerprint density at radius 2 is 1.94 bits per heavy atom. The third-order valence-electron chi connectivity index (χ3n) is 1.73. The zero-order valence-corrected chi connectivity index (χ0v) is 11.3. The lowest BCUT2D eigenvalue weighted by Gasteiger charge is -1.97. The van der Waals surface area contributed by atoms with E-state index in [4.69, 9.17) is 23.2 Å². The zero-order valence-electron chi connectivity index (χ0n) is 8.96. The maximum atomic E-state index is 12.5. The third kappa shape index (κ3) is 2.42. The van der Waals surface area contributed by atoms with Gasteiger partial charge >= 0.3 is 0 Å². The molecule has 0 saturated heterocycles. The van der Waals surface area contributed by atoms with Gasteiger partial charge in [-0.3, -0.25) is 0 Å². The van der Waals surface area contributed by atoms with E-state index < -0.39 is 0 Å². The summed E-state index contributed by atoms with van der Waals surface area (Å²) in [5.74, 6) is 0.512. The molecule has 0 radical (unpaired) electrons. The standard InChI is InChI=1S/C7H4Cl2FN3S.C2H6/c1-3-11-5-2-4(8)6(9)12-7(5)13(3)14-10;1-2/h2H,1H3;1-2H3. The van der Waals surface area contributed by atoms with E-state index in [-0.39, 0.29) is 17.5 Å². The lowest BCUT2D eigenvalue weighted by atomic mass is 10.4. The first-order chi connectivity index (χ1) is 7.63. The SMILES string of the molecule is CC.Cc1nc2cc(Cl)c(Cl)nc2n1SF. The van der Waals surface area contributed by atoms with E-state index in [1.165, 1.54) is 3.97 Å². The summed E-state index contributed by atoms with van der Waals surface area (Å²) in [6.07, 6.45) is 0. The molecule has 0 aliphatic rings. The quantitative estimate of drug-likeness (QED) is 0.724. The number of aromatic nitrogens is 3. The molecule has 0 aliphatic carbocycles. The van der Waals surface area contributed by atoms with Crippen molar-refractivity contribution in [1.29, 1.82) is 0 Å². The lowest BCUT2D eigenvalue weighted by molar-refractivity contribution is 0.908. The maximum Gasteiger partial charge on any atom is 0.174 e. The summed E-state index contributed by atoms with van der Waals surface area (Å²) in [6.45, 7) is 5.68.